The zero-order valence-electron chi connectivity index (χ0n) is 13.6. The van der Waals surface area contributed by atoms with Gasteiger partial charge in [-0.1, -0.05) is 16.8 Å². The van der Waals surface area contributed by atoms with Crippen LogP contribution >= 0.6 is 22.9 Å². The number of hydrogen-bond acceptors (Lipinski definition) is 6. The Labute approximate surface area is 164 Å². The van der Waals surface area contributed by atoms with E-state index in [9.17, 15) is 13.2 Å². The minimum absolute atomic E-state index is 0.0196. The molecule has 28 heavy (non-hydrogen) atoms. The molecule has 0 fully saturated rings. The van der Waals surface area contributed by atoms with Crippen molar-refractivity contribution in [3.05, 3.63) is 47.1 Å². The average molecular weight is 422 g/mol. The minimum Gasteiger partial charge on any atom is -0.406 e. The van der Waals surface area contributed by atoms with Gasteiger partial charge in [0.25, 0.3) is 0 Å². The van der Waals surface area contributed by atoms with Gasteiger partial charge in [0.05, 0.1) is 10.2 Å². The molecule has 0 spiro atoms. The van der Waals surface area contributed by atoms with Crippen molar-refractivity contribution in [2.24, 2.45) is 0 Å². The van der Waals surface area contributed by atoms with E-state index in [0.29, 0.717) is 21.1 Å². The molecule has 4 aromatic rings. The fraction of sp³-hybridized carbons (Fsp3) is 0.0588. The van der Waals surface area contributed by atoms with Gasteiger partial charge in [0, 0.05) is 16.1 Å². The molecular weight excluding hydrogens is 415 g/mol. The minimum atomic E-state index is -4.88. The van der Waals surface area contributed by atoms with Crippen molar-refractivity contribution in [1.82, 2.24) is 20.4 Å². The Bertz CT molecular complexity index is 1230. The number of benzene rings is 2. The summed E-state index contributed by atoms with van der Waals surface area (Å²) >= 11 is 7.25. The lowest BCUT2D eigenvalue weighted by Gasteiger charge is -2.11. The standard InChI is InChI=1S/C17H7ClF3N5OS/c18-10-1-2-12-14(6-10)28-16(23-12)9-3-8(15-13(7-22)24-26-25-15)4-11(5-9)27-17(19,20)21/h1-6H,(H,24,25,26). The van der Waals surface area contributed by atoms with Crippen LogP contribution in [0.1, 0.15) is 5.69 Å². The summed E-state index contributed by atoms with van der Waals surface area (Å²) in [5, 5.41) is 19.8. The number of nitriles is 1. The van der Waals surface area contributed by atoms with Crippen LogP contribution in [-0.2, 0) is 0 Å². The van der Waals surface area contributed by atoms with Crippen molar-refractivity contribution in [3.63, 3.8) is 0 Å². The summed E-state index contributed by atoms with van der Waals surface area (Å²) in [6.07, 6.45) is -4.88. The summed E-state index contributed by atoms with van der Waals surface area (Å²) in [6, 6.07) is 10.9. The van der Waals surface area contributed by atoms with Crippen molar-refractivity contribution >= 4 is 33.2 Å². The first kappa shape index (κ1) is 18.2. The highest BCUT2D eigenvalue weighted by molar-refractivity contribution is 7.21. The van der Waals surface area contributed by atoms with Crippen LogP contribution < -0.4 is 4.74 Å². The number of nitrogens with one attached hydrogen (secondary N) is 1. The third-order valence-corrected chi connectivity index (χ3v) is 4.97. The molecule has 2 aromatic heterocycles. The third kappa shape index (κ3) is 3.62. The van der Waals surface area contributed by atoms with Gasteiger partial charge in [-0.2, -0.15) is 5.26 Å². The van der Waals surface area contributed by atoms with Gasteiger partial charge in [-0.15, -0.1) is 29.6 Å². The third-order valence-electron chi connectivity index (χ3n) is 3.67. The van der Waals surface area contributed by atoms with Crippen molar-refractivity contribution in [2.45, 2.75) is 6.36 Å². The number of aromatic nitrogens is 4. The molecule has 11 heteroatoms. The van der Waals surface area contributed by atoms with Gasteiger partial charge < -0.3 is 4.74 Å². The number of fused-ring (bicyclic) bond motifs is 1. The second kappa shape index (κ2) is 6.78. The van der Waals surface area contributed by atoms with Crippen LogP contribution in [-0.4, -0.2) is 26.8 Å². The summed E-state index contributed by atoms with van der Waals surface area (Å²) in [4.78, 5) is 4.44. The Hall–Kier alpha value is -3.16. The highest BCUT2D eigenvalue weighted by atomic mass is 35.5. The SMILES string of the molecule is N#Cc1[nH]nnc1-c1cc(OC(F)(F)F)cc(-c2nc3ccc(Cl)cc3s2)c1. The lowest BCUT2D eigenvalue weighted by atomic mass is 10.1. The molecule has 0 radical (unpaired) electrons. The van der Waals surface area contributed by atoms with Gasteiger partial charge in [-0.3, -0.25) is 0 Å². The van der Waals surface area contributed by atoms with Crippen molar-refractivity contribution in [1.29, 1.82) is 5.26 Å². The lowest BCUT2D eigenvalue weighted by Crippen LogP contribution is -2.17. The van der Waals surface area contributed by atoms with E-state index in [-0.39, 0.29) is 17.0 Å². The monoisotopic (exact) mass is 421 g/mol. The highest BCUT2D eigenvalue weighted by Gasteiger charge is 2.31. The van der Waals surface area contributed by atoms with E-state index >= 15 is 0 Å². The first-order valence-corrected chi connectivity index (χ1v) is 8.81. The molecule has 4 rings (SSSR count). The van der Waals surface area contributed by atoms with Gasteiger partial charge in [0.1, 0.15) is 22.5 Å². The van der Waals surface area contributed by atoms with Crippen LogP contribution in [0, 0.1) is 11.3 Å². The van der Waals surface area contributed by atoms with E-state index in [1.807, 2.05) is 6.07 Å². The van der Waals surface area contributed by atoms with Gasteiger partial charge in [0.15, 0.2) is 5.69 Å². The molecule has 0 bridgehead atoms. The molecule has 1 N–H and O–H groups in total. The lowest BCUT2D eigenvalue weighted by molar-refractivity contribution is -0.274. The molecule has 0 atom stereocenters. The molecule has 0 aliphatic rings. The summed E-state index contributed by atoms with van der Waals surface area (Å²) in [5.41, 5.74) is 1.40. The van der Waals surface area contributed by atoms with E-state index < -0.39 is 12.1 Å². The van der Waals surface area contributed by atoms with Crippen molar-refractivity contribution < 1.29 is 17.9 Å². The van der Waals surface area contributed by atoms with E-state index in [4.69, 9.17) is 16.9 Å². The molecule has 2 aromatic carbocycles. The maximum absolute atomic E-state index is 12.8. The average Bonchev–Trinajstić information content (AvgIpc) is 3.26. The molecule has 0 saturated carbocycles. The second-order valence-corrected chi connectivity index (χ2v) is 7.04. The Balaban J connectivity index is 1.88. The predicted octanol–water partition coefficient (Wildman–Crippen LogP) is 5.17. The fourth-order valence-corrected chi connectivity index (χ4v) is 3.81. The Morgan fingerprint density at radius 3 is 2.68 bits per heavy atom. The van der Waals surface area contributed by atoms with Crippen LogP contribution in [0.3, 0.4) is 0 Å². The summed E-state index contributed by atoms with van der Waals surface area (Å²) < 4.78 is 43.2. The van der Waals surface area contributed by atoms with E-state index in [0.717, 1.165) is 10.8 Å². The van der Waals surface area contributed by atoms with Crippen LogP contribution in [0.25, 0.3) is 32.0 Å². The highest BCUT2D eigenvalue weighted by Crippen LogP contribution is 2.37. The van der Waals surface area contributed by atoms with Gasteiger partial charge >= 0.3 is 6.36 Å². The largest absolute Gasteiger partial charge is 0.573 e. The van der Waals surface area contributed by atoms with Gasteiger partial charge in [0.2, 0.25) is 0 Å². The molecule has 140 valence electrons. The first-order chi connectivity index (χ1) is 13.3. The molecular formula is C17H7ClF3N5OS. The van der Waals surface area contributed by atoms with Crippen LogP contribution in [0.4, 0.5) is 13.2 Å². The second-order valence-electron chi connectivity index (χ2n) is 5.57. The summed E-state index contributed by atoms with van der Waals surface area (Å²) in [6.45, 7) is 0. The molecule has 6 nitrogen and oxygen atoms in total. The predicted molar refractivity (Wildman–Crippen MR) is 96.8 cm³/mol. The molecule has 0 saturated heterocycles. The van der Waals surface area contributed by atoms with E-state index in [2.05, 4.69) is 25.1 Å². The number of H-pyrrole nitrogens is 1. The Morgan fingerprint density at radius 2 is 1.93 bits per heavy atom. The fourth-order valence-electron chi connectivity index (χ4n) is 2.58. The number of halogens is 4. The van der Waals surface area contributed by atoms with E-state index in [1.165, 1.54) is 17.4 Å². The Kier molecular flexibility index (Phi) is 4.41. The maximum Gasteiger partial charge on any atom is 0.573 e. The Morgan fingerprint density at radius 1 is 1.14 bits per heavy atom. The first-order valence-electron chi connectivity index (χ1n) is 7.61. The number of aromatic amines is 1. The number of hydrogen-bond donors (Lipinski definition) is 1. The molecule has 2 heterocycles. The summed E-state index contributed by atoms with van der Waals surface area (Å²) in [7, 11) is 0. The summed E-state index contributed by atoms with van der Waals surface area (Å²) in [5.74, 6) is -0.454. The molecule has 0 unspecified atom stereocenters. The number of ether oxygens (including phenoxy) is 1. The number of nitrogens with zero attached hydrogens (tertiary/aromatic N) is 4. The van der Waals surface area contributed by atoms with Gasteiger partial charge in [-0.05, 0) is 36.4 Å². The quantitative estimate of drug-likeness (QED) is 0.493. The molecule has 0 aliphatic carbocycles. The number of thiazole rings is 1. The van der Waals surface area contributed by atoms with Crippen molar-refractivity contribution in [2.75, 3.05) is 0 Å². The normalized spacial score (nSPS) is 11.5. The number of rotatable bonds is 3. The molecule has 0 aliphatic heterocycles. The number of alkyl halides is 3. The van der Waals surface area contributed by atoms with Crippen LogP contribution in [0.2, 0.25) is 5.02 Å². The molecule has 0 amide bonds. The van der Waals surface area contributed by atoms with Crippen molar-refractivity contribution in [3.8, 4) is 33.6 Å². The van der Waals surface area contributed by atoms with E-state index in [1.54, 1.807) is 24.3 Å². The zero-order valence-corrected chi connectivity index (χ0v) is 15.2. The topological polar surface area (TPSA) is 87.5 Å². The van der Waals surface area contributed by atoms with Gasteiger partial charge in [-0.25, -0.2) is 10.1 Å². The smallest absolute Gasteiger partial charge is 0.406 e. The van der Waals surface area contributed by atoms with Crippen LogP contribution in [0.15, 0.2) is 36.4 Å². The zero-order chi connectivity index (χ0) is 19.9. The maximum atomic E-state index is 12.8. The van der Waals surface area contributed by atoms with Crippen LogP contribution in [0.5, 0.6) is 5.75 Å².